The fourth-order valence-corrected chi connectivity index (χ4v) is 3.50. The number of rotatable bonds is 5. The monoisotopic (exact) mass is 260 g/mol. The van der Waals surface area contributed by atoms with Crippen molar-refractivity contribution in [2.45, 2.75) is 70.3 Å². The van der Waals surface area contributed by atoms with Crippen molar-refractivity contribution in [1.82, 2.24) is 0 Å². The zero-order valence-corrected chi connectivity index (χ0v) is 12.4. The van der Waals surface area contributed by atoms with E-state index in [-0.39, 0.29) is 0 Å². The molecule has 0 aromatic heterocycles. The summed E-state index contributed by atoms with van der Waals surface area (Å²) in [4.78, 5) is 0. The number of hydrogen-bond acceptors (Lipinski definition) is 1. The summed E-state index contributed by atoms with van der Waals surface area (Å²) in [6.45, 7) is 4.53. The lowest BCUT2D eigenvalue weighted by molar-refractivity contribution is -0.0268. The number of aliphatic hydroxyl groups is 1. The van der Waals surface area contributed by atoms with Crippen LogP contribution in [-0.4, -0.2) is 10.7 Å². The highest BCUT2D eigenvalue weighted by Gasteiger charge is 2.38. The molecule has 1 aromatic carbocycles. The van der Waals surface area contributed by atoms with Gasteiger partial charge in [0.25, 0.3) is 0 Å². The van der Waals surface area contributed by atoms with Crippen LogP contribution in [0.1, 0.15) is 70.3 Å². The molecule has 2 atom stereocenters. The Bertz CT molecular complexity index is 371. The average Bonchev–Trinajstić information content (AvgIpc) is 2.39. The molecule has 0 radical (unpaired) electrons. The maximum Gasteiger partial charge on any atom is 0.0716 e. The van der Waals surface area contributed by atoms with Crippen LogP contribution in [0.15, 0.2) is 30.3 Å². The smallest absolute Gasteiger partial charge is 0.0716 e. The lowest BCUT2D eigenvalue weighted by Crippen LogP contribution is -2.39. The topological polar surface area (TPSA) is 20.2 Å². The third-order valence-corrected chi connectivity index (χ3v) is 4.59. The van der Waals surface area contributed by atoms with Crippen molar-refractivity contribution in [2.24, 2.45) is 5.92 Å². The van der Waals surface area contributed by atoms with Gasteiger partial charge in [0.2, 0.25) is 0 Å². The molecule has 1 aliphatic carbocycles. The molecule has 1 nitrogen and oxygen atoms in total. The van der Waals surface area contributed by atoms with E-state index in [0.29, 0.717) is 5.92 Å². The molecule has 1 aromatic rings. The van der Waals surface area contributed by atoms with Crippen LogP contribution < -0.4 is 0 Å². The van der Waals surface area contributed by atoms with Crippen molar-refractivity contribution in [2.75, 3.05) is 0 Å². The minimum absolute atomic E-state index is 0.342. The van der Waals surface area contributed by atoms with Crippen LogP contribution in [0.25, 0.3) is 0 Å². The second kappa shape index (κ2) is 6.56. The zero-order valence-electron chi connectivity index (χ0n) is 12.4. The Balaban J connectivity index is 2.06. The summed E-state index contributed by atoms with van der Waals surface area (Å²) < 4.78 is 0. The predicted molar refractivity (Wildman–Crippen MR) is 81.3 cm³/mol. The molecular weight excluding hydrogens is 232 g/mol. The van der Waals surface area contributed by atoms with Gasteiger partial charge in [0.1, 0.15) is 0 Å². The molecule has 2 rings (SSSR count). The standard InChI is InChI=1S/C18H28O/c1-15(2)9-8-14-18(19)13-7-6-12-17(18)16-10-4-3-5-11-16/h3-5,10-11,15,17,19H,6-9,12-14H2,1-2H3. The van der Waals surface area contributed by atoms with Gasteiger partial charge in [-0.1, -0.05) is 69.9 Å². The van der Waals surface area contributed by atoms with Crippen LogP contribution in [-0.2, 0) is 0 Å². The van der Waals surface area contributed by atoms with Crippen molar-refractivity contribution in [3.05, 3.63) is 35.9 Å². The van der Waals surface area contributed by atoms with E-state index < -0.39 is 5.60 Å². The van der Waals surface area contributed by atoms with Crippen LogP contribution in [0.5, 0.6) is 0 Å². The molecule has 106 valence electrons. The fraction of sp³-hybridized carbons (Fsp3) is 0.667. The molecular formula is C18H28O. The molecule has 2 unspecified atom stereocenters. The molecule has 0 heterocycles. The Morgan fingerprint density at radius 2 is 1.95 bits per heavy atom. The summed E-state index contributed by atoms with van der Waals surface area (Å²) in [5.41, 5.74) is 0.864. The molecule has 1 heteroatoms. The van der Waals surface area contributed by atoms with Gasteiger partial charge in [0, 0.05) is 5.92 Å². The molecule has 19 heavy (non-hydrogen) atoms. The first-order valence-corrected chi connectivity index (χ1v) is 7.89. The quantitative estimate of drug-likeness (QED) is 0.798. The second-order valence-electron chi connectivity index (χ2n) is 6.60. The molecule has 1 aliphatic rings. The van der Waals surface area contributed by atoms with E-state index in [4.69, 9.17) is 0 Å². The maximum atomic E-state index is 11.1. The normalized spacial score (nSPS) is 27.7. The van der Waals surface area contributed by atoms with Crippen molar-refractivity contribution in [1.29, 1.82) is 0 Å². The van der Waals surface area contributed by atoms with E-state index >= 15 is 0 Å². The first-order valence-electron chi connectivity index (χ1n) is 7.89. The summed E-state index contributed by atoms with van der Waals surface area (Å²) in [5, 5.41) is 11.1. The summed E-state index contributed by atoms with van der Waals surface area (Å²) in [5.74, 6) is 1.08. The summed E-state index contributed by atoms with van der Waals surface area (Å²) in [6.07, 6.45) is 7.90. The van der Waals surface area contributed by atoms with Gasteiger partial charge in [-0.25, -0.2) is 0 Å². The van der Waals surface area contributed by atoms with E-state index in [1.807, 2.05) is 0 Å². The minimum atomic E-state index is -0.464. The highest BCUT2D eigenvalue weighted by atomic mass is 16.3. The third-order valence-electron chi connectivity index (χ3n) is 4.59. The Kier molecular flexibility index (Phi) is 5.04. The first kappa shape index (κ1) is 14.6. The molecule has 1 N–H and O–H groups in total. The van der Waals surface area contributed by atoms with E-state index in [2.05, 4.69) is 44.2 Å². The van der Waals surface area contributed by atoms with Crippen LogP contribution in [0.4, 0.5) is 0 Å². The Morgan fingerprint density at radius 3 is 2.63 bits per heavy atom. The van der Waals surface area contributed by atoms with Crippen molar-refractivity contribution >= 4 is 0 Å². The molecule has 1 fully saturated rings. The van der Waals surface area contributed by atoms with Gasteiger partial charge in [-0.15, -0.1) is 0 Å². The van der Waals surface area contributed by atoms with Crippen molar-refractivity contribution in [3.63, 3.8) is 0 Å². The second-order valence-corrected chi connectivity index (χ2v) is 6.60. The van der Waals surface area contributed by atoms with Crippen molar-refractivity contribution in [3.8, 4) is 0 Å². The van der Waals surface area contributed by atoms with Gasteiger partial charge < -0.3 is 5.11 Å². The van der Waals surface area contributed by atoms with Crippen molar-refractivity contribution < 1.29 is 5.11 Å². The Labute approximate surface area is 118 Å². The number of hydrogen-bond donors (Lipinski definition) is 1. The molecule has 0 amide bonds. The van der Waals surface area contributed by atoms with Crippen LogP contribution in [0.3, 0.4) is 0 Å². The summed E-state index contributed by atoms with van der Waals surface area (Å²) in [7, 11) is 0. The van der Waals surface area contributed by atoms with Crippen LogP contribution in [0, 0.1) is 5.92 Å². The number of benzene rings is 1. The van der Waals surface area contributed by atoms with Gasteiger partial charge in [-0.2, -0.15) is 0 Å². The van der Waals surface area contributed by atoms with Crippen LogP contribution in [0.2, 0.25) is 0 Å². The minimum Gasteiger partial charge on any atom is -0.389 e. The summed E-state index contributed by atoms with van der Waals surface area (Å²) >= 11 is 0. The molecule has 0 bridgehead atoms. The first-order chi connectivity index (χ1) is 9.12. The largest absolute Gasteiger partial charge is 0.389 e. The van der Waals surface area contributed by atoms with Gasteiger partial charge in [0.05, 0.1) is 5.60 Å². The van der Waals surface area contributed by atoms with E-state index in [1.54, 1.807) is 0 Å². The fourth-order valence-electron chi connectivity index (χ4n) is 3.50. The highest BCUT2D eigenvalue weighted by molar-refractivity contribution is 5.23. The predicted octanol–water partition coefficient (Wildman–Crippen LogP) is 4.90. The van der Waals surface area contributed by atoms with Crippen LogP contribution >= 0.6 is 0 Å². The van der Waals surface area contributed by atoms with E-state index in [1.165, 1.54) is 24.8 Å². The Hall–Kier alpha value is -0.820. The third kappa shape index (κ3) is 3.82. The van der Waals surface area contributed by atoms with E-state index in [0.717, 1.165) is 31.6 Å². The lowest BCUT2D eigenvalue weighted by atomic mass is 9.69. The SMILES string of the molecule is CC(C)CCCC1(O)CCCCC1c1ccccc1. The molecule has 0 aliphatic heterocycles. The molecule has 0 spiro atoms. The van der Waals surface area contributed by atoms with E-state index in [9.17, 15) is 5.11 Å². The zero-order chi connectivity index (χ0) is 13.7. The van der Waals surface area contributed by atoms with Gasteiger partial charge >= 0.3 is 0 Å². The van der Waals surface area contributed by atoms with Gasteiger partial charge in [0.15, 0.2) is 0 Å². The lowest BCUT2D eigenvalue weighted by Gasteiger charge is -2.40. The van der Waals surface area contributed by atoms with Gasteiger partial charge in [-0.3, -0.25) is 0 Å². The summed E-state index contributed by atoms with van der Waals surface area (Å²) in [6, 6.07) is 10.6. The average molecular weight is 260 g/mol. The maximum absolute atomic E-state index is 11.1. The molecule has 1 saturated carbocycles. The highest BCUT2D eigenvalue weighted by Crippen LogP contribution is 2.43. The molecule has 0 saturated heterocycles. The van der Waals surface area contributed by atoms with Gasteiger partial charge in [-0.05, 0) is 30.7 Å². The Morgan fingerprint density at radius 1 is 1.21 bits per heavy atom.